The lowest BCUT2D eigenvalue weighted by molar-refractivity contribution is -0.142. The molecule has 6 nitrogen and oxygen atoms in total. The van der Waals surface area contributed by atoms with Gasteiger partial charge in [-0.05, 0) is 24.6 Å². The molecule has 1 heterocycles. The second-order valence-electron chi connectivity index (χ2n) is 5.07. The molecule has 1 aromatic rings. The fourth-order valence-electron chi connectivity index (χ4n) is 2.31. The van der Waals surface area contributed by atoms with Gasteiger partial charge >= 0.3 is 5.97 Å². The third-order valence-corrected chi connectivity index (χ3v) is 3.85. The average molecular weight is 343 g/mol. The molecule has 0 aliphatic carbocycles. The number of benzene rings is 1. The minimum atomic E-state index is -0.682. The van der Waals surface area contributed by atoms with Gasteiger partial charge in [-0.2, -0.15) is 0 Å². The first kappa shape index (κ1) is 17.2. The summed E-state index contributed by atoms with van der Waals surface area (Å²) in [6.45, 7) is 0.363. The van der Waals surface area contributed by atoms with Crippen molar-refractivity contribution in [2.75, 3.05) is 18.6 Å². The van der Waals surface area contributed by atoms with Gasteiger partial charge in [0.05, 0.1) is 18.6 Å². The van der Waals surface area contributed by atoms with Crippen LogP contribution in [0, 0.1) is 5.82 Å². The molecule has 0 saturated carbocycles. The van der Waals surface area contributed by atoms with Crippen LogP contribution in [0.1, 0.15) is 19.3 Å². The first-order chi connectivity index (χ1) is 10.9. The van der Waals surface area contributed by atoms with E-state index in [1.165, 1.54) is 24.1 Å². The van der Waals surface area contributed by atoms with Gasteiger partial charge in [0, 0.05) is 18.7 Å². The fourth-order valence-corrected chi connectivity index (χ4v) is 2.42. The molecule has 8 heteroatoms. The van der Waals surface area contributed by atoms with Gasteiger partial charge in [0.15, 0.2) is 0 Å². The highest BCUT2D eigenvalue weighted by atomic mass is 35.5. The van der Waals surface area contributed by atoms with Gasteiger partial charge in [-0.15, -0.1) is 0 Å². The Kier molecular flexibility index (Phi) is 5.54. The van der Waals surface area contributed by atoms with Crippen molar-refractivity contribution in [3.8, 4) is 0 Å². The summed E-state index contributed by atoms with van der Waals surface area (Å²) in [5.74, 6) is -1.82. The summed E-state index contributed by atoms with van der Waals surface area (Å²) >= 11 is 5.62. The zero-order valence-corrected chi connectivity index (χ0v) is 13.2. The van der Waals surface area contributed by atoms with Crippen molar-refractivity contribution in [1.29, 1.82) is 0 Å². The lowest BCUT2D eigenvalue weighted by Crippen LogP contribution is -2.41. The summed E-state index contributed by atoms with van der Waals surface area (Å²) in [5, 5.41) is 2.56. The number of carbonyl (C=O) groups excluding carboxylic acids is 3. The Hall–Kier alpha value is -2.15. The van der Waals surface area contributed by atoms with E-state index < -0.39 is 23.7 Å². The van der Waals surface area contributed by atoms with Crippen molar-refractivity contribution in [2.45, 2.75) is 25.3 Å². The Labute approximate surface area is 137 Å². The molecule has 1 aliphatic heterocycles. The van der Waals surface area contributed by atoms with E-state index >= 15 is 0 Å². The van der Waals surface area contributed by atoms with Crippen LogP contribution in [-0.4, -0.2) is 37.5 Å². The van der Waals surface area contributed by atoms with Crippen LogP contribution in [0.5, 0.6) is 0 Å². The Bertz CT molecular complexity index is 638. The van der Waals surface area contributed by atoms with Crippen LogP contribution in [-0.2, 0) is 19.1 Å². The van der Waals surface area contributed by atoms with Crippen LogP contribution in [0.15, 0.2) is 18.2 Å². The van der Waals surface area contributed by atoms with Crippen molar-refractivity contribution < 1.29 is 23.5 Å². The molecule has 1 aliphatic rings. The molecule has 1 atom stereocenters. The summed E-state index contributed by atoms with van der Waals surface area (Å²) in [7, 11) is 1.24. The number of amides is 2. The summed E-state index contributed by atoms with van der Waals surface area (Å²) in [6.07, 6.45) is 0.314. The topological polar surface area (TPSA) is 75.7 Å². The smallest absolute Gasteiger partial charge is 0.306 e. The molecule has 2 rings (SSSR count). The molecule has 2 amide bonds. The Morgan fingerprint density at radius 2 is 2.17 bits per heavy atom. The van der Waals surface area contributed by atoms with Gasteiger partial charge in [0.2, 0.25) is 11.8 Å². The number of rotatable bonds is 5. The van der Waals surface area contributed by atoms with E-state index in [-0.39, 0.29) is 23.8 Å². The molecule has 1 saturated heterocycles. The van der Waals surface area contributed by atoms with Crippen LogP contribution >= 0.6 is 11.6 Å². The SMILES string of the molecule is COC(=O)CCC(=O)N[C@H]1CCN(c2ccc(Cl)c(F)c2)C1=O. The van der Waals surface area contributed by atoms with Crippen molar-refractivity contribution in [1.82, 2.24) is 5.32 Å². The Morgan fingerprint density at radius 1 is 1.43 bits per heavy atom. The lowest BCUT2D eigenvalue weighted by Gasteiger charge is -2.17. The molecule has 1 fully saturated rings. The van der Waals surface area contributed by atoms with E-state index in [0.29, 0.717) is 18.7 Å². The summed E-state index contributed by atoms with van der Waals surface area (Å²) in [4.78, 5) is 36.4. The second kappa shape index (κ2) is 7.41. The Morgan fingerprint density at radius 3 is 2.83 bits per heavy atom. The minimum absolute atomic E-state index is 0.0203. The van der Waals surface area contributed by atoms with Crippen LogP contribution < -0.4 is 10.2 Å². The lowest BCUT2D eigenvalue weighted by atomic mass is 10.2. The number of carbonyl (C=O) groups is 3. The Balaban J connectivity index is 1.94. The standard InChI is InChI=1S/C15H16ClFN2O4/c1-23-14(21)5-4-13(20)18-12-6-7-19(15(12)22)9-2-3-10(16)11(17)8-9/h2-3,8,12H,4-7H2,1H3,(H,18,20)/t12-/m0/s1. The molecular weight excluding hydrogens is 327 g/mol. The summed E-state index contributed by atoms with van der Waals surface area (Å²) in [6, 6.07) is 3.42. The van der Waals surface area contributed by atoms with Crippen molar-refractivity contribution in [2.24, 2.45) is 0 Å². The molecule has 23 heavy (non-hydrogen) atoms. The van der Waals surface area contributed by atoms with Crippen molar-refractivity contribution >= 4 is 35.1 Å². The second-order valence-corrected chi connectivity index (χ2v) is 5.48. The number of ether oxygens (including phenoxy) is 1. The first-order valence-corrected chi connectivity index (χ1v) is 7.42. The van der Waals surface area contributed by atoms with E-state index in [1.807, 2.05) is 0 Å². The predicted molar refractivity (Wildman–Crippen MR) is 81.6 cm³/mol. The highest BCUT2D eigenvalue weighted by molar-refractivity contribution is 6.30. The maximum atomic E-state index is 13.5. The number of hydrogen-bond acceptors (Lipinski definition) is 4. The van der Waals surface area contributed by atoms with Gasteiger partial charge in [-0.1, -0.05) is 11.6 Å². The molecule has 1 N–H and O–H groups in total. The van der Waals surface area contributed by atoms with E-state index in [4.69, 9.17) is 11.6 Å². The molecule has 0 aromatic heterocycles. The molecule has 0 radical (unpaired) electrons. The number of nitrogens with zero attached hydrogens (tertiary/aromatic N) is 1. The largest absolute Gasteiger partial charge is 0.469 e. The van der Waals surface area contributed by atoms with Gasteiger partial charge in [-0.3, -0.25) is 14.4 Å². The minimum Gasteiger partial charge on any atom is -0.469 e. The molecule has 124 valence electrons. The number of anilines is 1. The maximum absolute atomic E-state index is 13.5. The number of esters is 1. The highest BCUT2D eigenvalue weighted by Crippen LogP contribution is 2.25. The number of methoxy groups -OCH3 is 1. The van der Waals surface area contributed by atoms with Crippen LogP contribution in [0.3, 0.4) is 0 Å². The molecule has 0 unspecified atom stereocenters. The van der Waals surface area contributed by atoms with Crippen molar-refractivity contribution in [3.63, 3.8) is 0 Å². The van der Waals surface area contributed by atoms with Crippen LogP contribution in [0.25, 0.3) is 0 Å². The number of halogens is 2. The average Bonchev–Trinajstić information content (AvgIpc) is 2.88. The summed E-state index contributed by atoms with van der Waals surface area (Å²) in [5.41, 5.74) is 0.392. The molecule has 0 spiro atoms. The normalized spacial score (nSPS) is 17.3. The van der Waals surface area contributed by atoms with Crippen molar-refractivity contribution in [3.05, 3.63) is 29.0 Å². The van der Waals surface area contributed by atoms with Gasteiger partial charge < -0.3 is 15.0 Å². The monoisotopic (exact) mass is 342 g/mol. The molecule has 0 bridgehead atoms. The third-order valence-electron chi connectivity index (χ3n) is 3.54. The predicted octanol–water partition coefficient (Wildman–Crippen LogP) is 1.65. The van der Waals surface area contributed by atoms with E-state index in [0.717, 1.165) is 0 Å². The fraction of sp³-hybridized carbons (Fsp3) is 0.400. The number of nitrogens with one attached hydrogen (secondary N) is 1. The van der Waals surface area contributed by atoms with Gasteiger partial charge in [0.25, 0.3) is 0 Å². The zero-order chi connectivity index (χ0) is 17.0. The third kappa shape index (κ3) is 4.19. The van der Waals surface area contributed by atoms with Gasteiger partial charge in [0.1, 0.15) is 11.9 Å². The molecular formula is C15H16ClFN2O4. The van der Waals surface area contributed by atoms with E-state index in [9.17, 15) is 18.8 Å². The first-order valence-electron chi connectivity index (χ1n) is 7.05. The van der Waals surface area contributed by atoms with Gasteiger partial charge in [-0.25, -0.2) is 4.39 Å². The zero-order valence-electron chi connectivity index (χ0n) is 12.5. The van der Waals surface area contributed by atoms with Crippen LogP contribution in [0.4, 0.5) is 10.1 Å². The highest BCUT2D eigenvalue weighted by Gasteiger charge is 2.33. The number of hydrogen-bond donors (Lipinski definition) is 1. The maximum Gasteiger partial charge on any atom is 0.306 e. The van der Waals surface area contributed by atoms with Crippen LogP contribution in [0.2, 0.25) is 5.02 Å². The van der Waals surface area contributed by atoms with E-state index in [2.05, 4.69) is 10.1 Å². The molecule has 1 aromatic carbocycles. The quantitative estimate of drug-likeness (QED) is 0.826. The van der Waals surface area contributed by atoms with E-state index in [1.54, 1.807) is 6.07 Å². The summed E-state index contributed by atoms with van der Waals surface area (Å²) < 4.78 is 17.9.